The van der Waals surface area contributed by atoms with Gasteiger partial charge in [-0.05, 0) is 25.8 Å². The summed E-state index contributed by atoms with van der Waals surface area (Å²) < 4.78 is 0. The van der Waals surface area contributed by atoms with E-state index in [0.29, 0.717) is 6.54 Å². The molecule has 0 aliphatic heterocycles. The molecule has 0 saturated heterocycles. The molecule has 88 valence electrons. The lowest BCUT2D eigenvalue weighted by atomic mass is 9.99. The van der Waals surface area contributed by atoms with Gasteiger partial charge in [-0.1, -0.05) is 12.8 Å². The normalized spacial score (nSPS) is 18.9. The van der Waals surface area contributed by atoms with Gasteiger partial charge in [0.2, 0.25) is 0 Å². The van der Waals surface area contributed by atoms with Crippen LogP contribution in [0.4, 0.5) is 0 Å². The number of aryl methyl sites for hydroxylation is 1. The molecular formula is C12H19N3O. The molecule has 2 N–H and O–H groups in total. The monoisotopic (exact) mass is 221 g/mol. The Bertz CT molecular complexity index is 348. The van der Waals surface area contributed by atoms with Gasteiger partial charge in [0.1, 0.15) is 5.82 Å². The molecule has 4 heteroatoms. The van der Waals surface area contributed by atoms with E-state index in [4.69, 9.17) is 0 Å². The Balaban J connectivity index is 1.95. The summed E-state index contributed by atoms with van der Waals surface area (Å²) in [6.07, 6.45) is 6.31. The van der Waals surface area contributed by atoms with Gasteiger partial charge >= 0.3 is 0 Å². The Morgan fingerprint density at radius 3 is 2.81 bits per heavy atom. The van der Waals surface area contributed by atoms with Gasteiger partial charge < -0.3 is 10.4 Å². The maximum atomic E-state index is 9.45. The van der Waals surface area contributed by atoms with Crippen molar-refractivity contribution >= 4 is 0 Å². The highest BCUT2D eigenvalue weighted by Crippen LogP contribution is 2.29. The molecule has 16 heavy (non-hydrogen) atoms. The van der Waals surface area contributed by atoms with Crippen molar-refractivity contribution in [3.05, 3.63) is 23.8 Å². The molecule has 0 atom stereocenters. The second-order valence-electron chi connectivity index (χ2n) is 4.59. The number of aromatic nitrogens is 2. The highest BCUT2D eigenvalue weighted by molar-refractivity contribution is 5.03. The van der Waals surface area contributed by atoms with Crippen LogP contribution in [0, 0.1) is 6.92 Å². The number of hydrogen-bond acceptors (Lipinski definition) is 4. The van der Waals surface area contributed by atoms with E-state index in [0.717, 1.165) is 24.4 Å². The van der Waals surface area contributed by atoms with Crippen molar-refractivity contribution in [1.29, 1.82) is 0 Å². The van der Waals surface area contributed by atoms with Gasteiger partial charge in [0, 0.05) is 18.3 Å². The van der Waals surface area contributed by atoms with E-state index in [1.807, 2.05) is 13.0 Å². The van der Waals surface area contributed by atoms with Gasteiger partial charge in [-0.25, -0.2) is 9.97 Å². The summed E-state index contributed by atoms with van der Waals surface area (Å²) in [5, 5.41) is 12.9. The third kappa shape index (κ3) is 2.57. The fraction of sp³-hybridized carbons (Fsp3) is 0.667. The molecule has 0 unspecified atom stereocenters. The molecule has 1 heterocycles. The molecule has 1 fully saturated rings. The van der Waals surface area contributed by atoms with E-state index in [-0.39, 0.29) is 12.1 Å². The lowest BCUT2D eigenvalue weighted by Crippen LogP contribution is -2.45. The fourth-order valence-corrected chi connectivity index (χ4v) is 2.32. The lowest BCUT2D eigenvalue weighted by Gasteiger charge is -2.27. The Labute approximate surface area is 96.1 Å². The summed E-state index contributed by atoms with van der Waals surface area (Å²) in [6.45, 7) is 2.82. The van der Waals surface area contributed by atoms with Gasteiger partial charge in [0.25, 0.3) is 0 Å². The molecule has 0 spiro atoms. The first-order chi connectivity index (χ1) is 7.74. The van der Waals surface area contributed by atoms with Crippen molar-refractivity contribution in [3.63, 3.8) is 0 Å². The van der Waals surface area contributed by atoms with Crippen molar-refractivity contribution in [2.24, 2.45) is 0 Å². The third-order valence-electron chi connectivity index (χ3n) is 3.34. The van der Waals surface area contributed by atoms with Gasteiger partial charge in [-0.15, -0.1) is 0 Å². The highest BCUT2D eigenvalue weighted by atomic mass is 16.3. The Morgan fingerprint density at radius 2 is 2.19 bits per heavy atom. The van der Waals surface area contributed by atoms with Crippen LogP contribution in [-0.2, 0) is 6.54 Å². The summed E-state index contributed by atoms with van der Waals surface area (Å²) in [5.41, 5.74) is 0.922. The van der Waals surface area contributed by atoms with Gasteiger partial charge in [0.05, 0.1) is 12.3 Å². The van der Waals surface area contributed by atoms with Crippen LogP contribution in [0.15, 0.2) is 12.3 Å². The number of hydrogen-bond donors (Lipinski definition) is 2. The molecule has 0 radical (unpaired) electrons. The van der Waals surface area contributed by atoms with Crippen molar-refractivity contribution in [2.75, 3.05) is 6.61 Å². The van der Waals surface area contributed by atoms with Crippen LogP contribution in [-0.4, -0.2) is 27.2 Å². The minimum Gasteiger partial charge on any atom is -0.394 e. The molecule has 1 saturated carbocycles. The van der Waals surface area contributed by atoms with Crippen molar-refractivity contribution in [1.82, 2.24) is 15.3 Å². The van der Waals surface area contributed by atoms with Crippen LogP contribution in [0.5, 0.6) is 0 Å². The highest BCUT2D eigenvalue weighted by Gasteiger charge is 2.32. The van der Waals surface area contributed by atoms with Crippen molar-refractivity contribution < 1.29 is 5.11 Å². The summed E-state index contributed by atoms with van der Waals surface area (Å²) in [4.78, 5) is 8.41. The van der Waals surface area contributed by atoms with Gasteiger partial charge in [-0.2, -0.15) is 0 Å². The van der Waals surface area contributed by atoms with Crippen LogP contribution in [0.3, 0.4) is 0 Å². The second-order valence-corrected chi connectivity index (χ2v) is 4.59. The standard InChI is InChI=1S/C12H19N3O/c1-10-13-7-4-11(15-10)8-14-12(9-16)5-2-3-6-12/h4,7,14,16H,2-3,5-6,8-9H2,1H3. The predicted molar refractivity (Wildman–Crippen MR) is 61.9 cm³/mol. The summed E-state index contributed by atoms with van der Waals surface area (Å²) in [7, 11) is 0. The quantitative estimate of drug-likeness (QED) is 0.801. The van der Waals surface area contributed by atoms with Crippen LogP contribution in [0.2, 0.25) is 0 Å². The SMILES string of the molecule is Cc1nccc(CNC2(CO)CCCC2)n1. The van der Waals surface area contributed by atoms with E-state index in [9.17, 15) is 5.11 Å². The van der Waals surface area contributed by atoms with E-state index in [1.165, 1.54) is 12.8 Å². The molecule has 2 rings (SSSR count). The molecule has 0 aromatic carbocycles. The Morgan fingerprint density at radius 1 is 1.44 bits per heavy atom. The minimum atomic E-state index is -0.0706. The largest absolute Gasteiger partial charge is 0.394 e. The molecule has 1 aliphatic carbocycles. The number of aliphatic hydroxyl groups excluding tert-OH is 1. The average molecular weight is 221 g/mol. The second kappa shape index (κ2) is 4.89. The van der Waals surface area contributed by atoms with E-state index in [2.05, 4.69) is 15.3 Å². The fourth-order valence-electron chi connectivity index (χ4n) is 2.32. The summed E-state index contributed by atoms with van der Waals surface area (Å²) >= 11 is 0. The van der Waals surface area contributed by atoms with Crippen LogP contribution < -0.4 is 5.32 Å². The number of rotatable bonds is 4. The smallest absolute Gasteiger partial charge is 0.125 e. The molecule has 1 aliphatic rings. The molecule has 4 nitrogen and oxygen atoms in total. The van der Waals surface area contributed by atoms with E-state index >= 15 is 0 Å². The summed E-state index contributed by atoms with van der Waals surface area (Å²) in [6, 6.07) is 1.92. The van der Waals surface area contributed by atoms with Crippen LogP contribution in [0.25, 0.3) is 0 Å². The van der Waals surface area contributed by atoms with Crippen molar-refractivity contribution in [2.45, 2.75) is 44.7 Å². The zero-order chi connectivity index (χ0) is 11.4. The first-order valence-electron chi connectivity index (χ1n) is 5.89. The molecule has 1 aromatic heterocycles. The Hall–Kier alpha value is -1.00. The average Bonchev–Trinajstić information content (AvgIpc) is 2.76. The lowest BCUT2D eigenvalue weighted by molar-refractivity contribution is 0.162. The van der Waals surface area contributed by atoms with Crippen LogP contribution >= 0.6 is 0 Å². The molecular weight excluding hydrogens is 202 g/mol. The van der Waals surface area contributed by atoms with Gasteiger partial charge in [0.15, 0.2) is 0 Å². The van der Waals surface area contributed by atoms with Gasteiger partial charge in [-0.3, -0.25) is 0 Å². The first-order valence-corrected chi connectivity index (χ1v) is 5.89. The summed E-state index contributed by atoms with van der Waals surface area (Å²) in [5.74, 6) is 0.795. The topological polar surface area (TPSA) is 58.0 Å². The zero-order valence-electron chi connectivity index (χ0n) is 9.74. The van der Waals surface area contributed by atoms with E-state index in [1.54, 1.807) is 6.20 Å². The third-order valence-corrected chi connectivity index (χ3v) is 3.34. The minimum absolute atomic E-state index is 0.0706. The van der Waals surface area contributed by atoms with E-state index < -0.39 is 0 Å². The zero-order valence-corrected chi connectivity index (χ0v) is 9.74. The number of nitrogens with one attached hydrogen (secondary N) is 1. The van der Waals surface area contributed by atoms with Crippen LogP contribution in [0.1, 0.15) is 37.2 Å². The number of nitrogens with zero attached hydrogens (tertiary/aromatic N) is 2. The molecule has 1 aromatic rings. The Kier molecular flexibility index (Phi) is 3.51. The maximum Gasteiger partial charge on any atom is 0.125 e. The first kappa shape index (κ1) is 11.5. The maximum absolute atomic E-state index is 9.45. The van der Waals surface area contributed by atoms with Crippen molar-refractivity contribution in [3.8, 4) is 0 Å². The number of aliphatic hydroxyl groups is 1. The molecule has 0 amide bonds. The molecule has 0 bridgehead atoms. The predicted octanol–water partition coefficient (Wildman–Crippen LogP) is 1.18.